The number of anilines is 1. The van der Waals surface area contributed by atoms with Crippen LogP contribution in [-0.2, 0) is 0 Å². The monoisotopic (exact) mass is 293 g/mol. The molecular formula is C15H20FN3O2. The molecule has 0 N–H and O–H groups in total. The summed E-state index contributed by atoms with van der Waals surface area (Å²) in [4.78, 5) is 15.0. The number of fused-ring (bicyclic) bond motifs is 1. The van der Waals surface area contributed by atoms with E-state index in [1.165, 1.54) is 25.0 Å². The standard InChI is InChI=1S/C15H20FN3O2/c1-11-9-17-5-3-2-4-13(17)10-18(11)14-6-12(16)7-15(8-14)19(20)21/h6-8,11,13H,2-5,9-10H2,1H3. The Labute approximate surface area is 123 Å². The predicted octanol–water partition coefficient (Wildman–Crippen LogP) is 2.80. The van der Waals surface area contributed by atoms with Crippen molar-refractivity contribution >= 4 is 11.4 Å². The molecule has 2 fully saturated rings. The highest BCUT2D eigenvalue weighted by Crippen LogP contribution is 2.30. The van der Waals surface area contributed by atoms with Gasteiger partial charge in [0, 0.05) is 36.9 Å². The van der Waals surface area contributed by atoms with E-state index in [1.54, 1.807) is 0 Å². The lowest BCUT2D eigenvalue weighted by molar-refractivity contribution is -0.385. The fourth-order valence-corrected chi connectivity index (χ4v) is 3.54. The molecule has 0 radical (unpaired) electrons. The van der Waals surface area contributed by atoms with Crippen LogP contribution in [0.25, 0.3) is 0 Å². The molecule has 0 aliphatic carbocycles. The van der Waals surface area contributed by atoms with E-state index in [0.29, 0.717) is 11.7 Å². The van der Waals surface area contributed by atoms with Crippen molar-refractivity contribution in [1.82, 2.24) is 4.90 Å². The Kier molecular flexibility index (Phi) is 3.80. The number of rotatable bonds is 2. The van der Waals surface area contributed by atoms with Crippen molar-refractivity contribution in [2.24, 2.45) is 0 Å². The van der Waals surface area contributed by atoms with Crippen molar-refractivity contribution in [3.63, 3.8) is 0 Å². The number of nitrogens with zero attached hydrogens (tertiary/aromatic N) is 3. The Morgan fingerprint density at radius 1 is 1.29 bits per heavy atom. The largest absolute Gasteiger partial charge is 0.366 e. The maximum atomic E-state index is 13.7. The molecule has 5 nitrogen and oxygen atoms in total. The molecule has 2 aliphatic heterocycles. The van der Waals surface area contributed by atoms with Gasteiger partial charge in [0.25, 0.3) is 5.69 Å². The summed E-state index contributed by atoms with van der Waals surface area (Å²) in [6.07, 6.45) is 3.63. The molecular weight excluding hydrogens is 273 g/mol. The summed E-state index contributed by atoms with van der Waals surface area (Å²) in [5.74, 6) is -0.544. The predicted molar refractivity (Wildman–Crippen MR) is 79.1 cm³/mol. The molecule has 0 spiro atoms. The first-order valence-corrected chi connectivity index (χ1v) is 7.50. The highest BCUT2D eigenvalue weighted by molar-refractivity contribution is 5.55. The van der Waals surface area contributed by atoms with Gasteiger partial charge in [-0.2, -0.15) is 0 Å². The molecule has 0 bridgehead atoms. The third-order valence-corrected chi connectivity index (χ3v) is 4.60. The van der Waals surface area contributed by atoms with Crippen LogP contribution >= 0.6 is 0 Å². The number of hydrogen-bond acceptors (Lipinski definition) is 4. The average molecular weight is 293 g/mol. The van der Waals surface area contributed by atoms with E-state index in [0.717, 1.165) is 32.1 Å². The Morgan fingerprint density at radius 3 is 2.86 bits per heavy atom. The second kappa shape index (κ2) is 5.60. The summed E-state index contributed by atoms with van der Waals surface area (Å²) in [5, 5.41) is 10.9. The molecule has 6 heteroatoms. The lowest BCUT2D eigenvalue weighted by Crippen LogP contribution is -2.58. The van der Waals surface area contributed by atoms with Crippen LogP contribution in [0.2, 0.25) is 0 Å². The normalized spacial score (nSPS) is 26.5. The highest BCUT2D eigenvalue weighted by Gasteiger charge is 2.33. The number of nitro benzene ring substituents is 1. The highest BCUT2D eigenvalue weighted by atomic mass is 19.1. The number of hydrogen-bond donors (Lipinski definition) is 0. The maximum absolute atomic E-state index is 13.7. The first kappa shape index (κ1) is 14.3. The Morgan fingerprint density at radius 2 is 2.10 bits per heavy atom. The van der Waals surface area contributed by atoms with E-state index in [9.17, 15) is 14.5 Å². The SMILES string of the molecule is CC1CN2CCCCC2CN1c1cc(F)cc([N+](=O)[O-])c1. The van der Waals surface area contributed by atoms with Gasteiger partial charge >= 0.3 is 0 Å². The van der Waals surface area contributed by atoms with Gasteiger partial charge in [0.2, 0.25) is 0 Å². The first-order chi connectivity index (χ1) is 10.0. The van der Waals surface area contributed by atoms with Crippen molar-refractivity contribution in [1.29, 1.82) is 0 Å². The van der Waals surface area contributed by atoms with Gasteiger partial charge in [-0.05, 0) is 32.4 Å². The molecule has 2 aliphatic rings. The molecule has 2 heterocycles. The van der Waals surface area contributed by atoms with Crippen LogP contribution in [0.1, 0.15) is 26.2 Å². The second-order valence-electron chi connectivity index (χ2n) is 6.07. The smallest absolute Gasteiger partial charge is 0.274 e. The van der Waals surface area contributed by atoms with E-state index < -0.39 is 10.7 Å². The Hall–Kier alpha value is -1.69. The number of piperazine rings is 1. The van der Waals surface area contributed by atoms with Gasteiger partial charge in [0.15, 0.2) is 0 Å². The zero-order chi connectivity index (χ0) is 15.0. The number of non-ortho nitro benzene ring substituents is 1. The molecule has 1 aromatic rings. The van der Waals surface area contributed by atoms with Crippen molar-refractivity contribution in [3.8, 4) is 0 Å². The van der Waals surface area contributed by atoms with Gasteiger partial charge in [0.1, 0.15) is 5.82 Å². The summed E-state index contributed by atoms with van der Waals surface area (Å²) in [6.45, 7) is 4.99. The van der Waals surface area contributed by atoms with Gasteiger partial charge in [0.05, 0.1) is 11.0 Å². The fraction of sp³-hybridized carbons (Fsp3) is 0.600. The van der Waals surface area contributed by atoms with Crippen LogP contribution in [-0.4, -0.2) is 41.5 Å². The second-order valence-corrected chi connectivity index (χ2v) is 6.07. The van der Waals surface area contributed by atoms with E-state index in [2.05, 4.69) is 16.7 Å². The third kappa shape index (κ3) is 2.85. The molecule has 2 atom stereocenters. The molecule has 114 valence electrons. The minimum Gasteiger partial charge on any atom is -0.366 e. The molecule has 3 rings (SSSR count). The van der Waals surface area contributed by atoms with Crippen molar-refractivity contribution in [3.05, 3.63) is 34.1 Å². The maximum Gasteiger partial charge on any atom is 0.274 e. The molecule has 2 saturated heterocycles. The van der Waals surface area contributed by atoms with Gasteiger partial charge in [-0.15, -0.1) is 0 Å². The third-order valence-electron chi connectivity index (χ3n) is 4.60. The van der Waals surface area contributed by atoms with Gasteiger partial charge in [-0.25, -0.2) is 4.39 Å². The Balaban J connectivity index is 1.87. The minimum atomic E-state index is -0.544. The lowest BCUT2D eigenvalue weighted by Gasteiger charge is -2.48. The molecule has 0 amide bonds. The van der Waals surface area contributed by atoms with Crippen LogP contribution in [0.5, 0.6) is 0 Å². The topological polar surface area (TPSA) is 49.6 Å². The summed E-state index contributed by atoms with van der Waals surface area (Å²) in [7, 11) is 0. The zero-order valence-electron chi connectivity index (χ0n) is 12.2. The van der Waals surface area contributed by atoms with Gasteiger partial charge in [-0.1, -0.05) is 6.42 Å². The zero-order valence-corrected chi connectivity index (χ0v) is 12.2. The van der Waals surface area contributed by atoms with Crippen LogP contribution < -0.4 is 4.90 Å². The van der Waals surface area contributed by atoms with Gasteiger partial charge < -0.3 is 4.90 Å². The molecule has 0 aromatic heterocycles. The summed E-state index contributed by atoms with van der Waals surface area (Å²) in [5.41, 5.74) is 0.447. The van der Waals surface area contributed by atoms with Crippen LogP contribution in [0.15, 0.2) is 18.2 Å². The average Bonchev–Trinajstić information content (AvgIpc) is 2.45. The number of nitro groups is 1. The number of piperidine rings is 1. The summed E-state index contributed by atoms with van der Waals surface area (Å²) in [6, 6.07) is 4.59. The van der Waals surface area contributed by atoms with Crippen molar-refractivity contribution in [2.45, 2.75) is 38.3 Å². The van der Waals surface area contributed by atoms with E-state index in [-0.39, 0.29) is 11.7 Å². The van der Waals surface area contributed by atoms with Crippen LogP contribution in [0.3, 0.4) is 0 Å². The summed E-state index contributed by atoms with van der Waals surface area (Å²) < 4.78 is 13.7. The number of benzene rings is 1. The Bertz CT molecular complexity index is 552. The molecule has 21 heavy (non-hydrogen) atoms. The van der Waals surface area contributed by atoms with E-state index in [4.69, 9.17) is 0 Å². The minimum absolute atomic E-state index is 0.178. The van der Waals surface area contributed by atoms with Crippen molar-refractivity contribution < 1.29 is 9.31 Å². The summed E-state index contributed by atoms with van der Waals surface area (Å²) >= 11 is 0. The quantitative estimate of drug-likeness (QED) is 0.621. The molecule has 2 unspecified atom stereocenters. The molecule has 0 saturated carbocycles. The number of halogens is 1. The van der Waals surface area contributed by atoms with E-state index >= 15 is 0 Å². The van der Waals surface area contributed by atoms with Crippen LogP contribution in [0, 0.1) is 15.9 Å². The van der Waals surface area contributed by atoms with Gasteiger partial charge in [-0.3, -0.25) is 15.0 Å². The van der Waals surface area contributed by atoms with Crippen molar-refractivity contribution in [2.75, 3.05) is 24.5 Å². The lowest BCUT2D eigenvalue weighted by atomic mass is 9.96. The van der Waals surface area contributed by atoms with E-state index in [1.807, 2.05) is 0 Å². The fourth-order valence-electron chi connectivity index (χ4n) is 3.54. The van der Waals surface area contributed by atoms with Crippen LogP contribution in [0.4, 0.5) is 15.8 Å². The molecule has 1 aromatic carbocycles. The first-order valence-electron chi connectivity index (χ1n) is 7.50.